The monoisotopic (exact) mass is 513 g/mol. The first-order chi connectivity index (χ1) is 18.2. The molecule has 9 heteroatoms. The zero-order chi connectivity index (χ0) is 25.6. The van der Waals surface area contributed by atoms with E-state index >= 15 is 0 Å². The average molecular weight is 514 g/mol. The van der Waals surface area contributed by atoms with Gasteiger partial charge in [-0.25, -0.2) is 4.98 Å². The van der Waals surface area contributed by atoms with Crippen LogP contribution in [0.1, 0.15) is 11.1 Å². The Kier molecular flexibility index (Phi) is 7.51. The standard InChI is InChI=1S/C28H27N5O3S/c1-35-23-13-12-19(16-24(23)36-2)14-15-29-25(34)18-37-28-30-27-26(31-32-28)21-10-6-7-11-22(21)33(27)17-20-8-4-3-5-9-20/h3-13,16H,14-15,17-18H2,1-2H3,(H,29,34). The van der Waals surface area contributed by atoms with Crippen LogP contribution in [0, 0.1) is 0 Å². The molecule has 5 aromatic rings. The quantitative estimate of drug-likeness (QED) is 0.275. The van der Waals surface area contributed by atoms with Crippen LogP contribution in [0.3, 0.4) is 0 Å². The van der Waals surface area contributed by atoms with Crippen LogP contribution in [0.2, 0.25) is 0 Å². The molecule has 188 valence electrons. The van der Waals surface area contributed by atoms with Gasteiger partial charge in [-0.05, 0) is 35.7 Å². The number of amides is 1. The normalized spacial score (nSPS) is 11.1. The van der Waals surface area contributed by atoms with Crippen molar-refractivity contribution in [3.8, 4) is 11.5 Å². The van der Waals surface area contributed by atoms with E-state index in [9.17, 15) is 4.79 Å². The summed E-state index contributed by atoms with van der Waals surface area (Å²) in [5, 5.41) is 13.2. The summed E-state index contributed by atoms with van der Waals surface area (Å²) in [4.78, 5) is 17.3. The second-order valence-electron chi connectivity index (χ2n) is 8.43. The zero-order valence-electron chi connectivity index (χ0n) is 20.7. The summed E-state index contributed by atoms with van der Waals surface area (Å²) in [6, 6.07) is 24.1. The van der Waals surface area contributed by atoms with Crippen LogP contribution in [-0.4, -0.2) is 52.2 Å². The van der Waals surface area contributed by atoms with E-state index in [2.05, 4.69) is 38.3 Å². The molecular formula is C28H27N5O3S. The highest BCUT2D eigenvalue weighted by Crippen LogP contribution is 2.29. The number of aromatic nitrogens is 4. The van der Waals surface area contributed by atoms with E-state index < -0.39 is 0 Å². The number of hydrogen-bond acceptors (Lipinski definition) is 7. The molecule has 0 saturated carbocycles. The molecule has 0 spiro atoms. The Bertz CT molecular complexity index is 1540. The van der Waals surface area contributed by atoms with Crippen molar-refractivity contribution in [2.45, 2.75) is 18.1 Å². The van der Waals surface area contributed by atoms with E-state index in [1.54, 1.807) is 14.2 Å². The summed E-state index contributed by atoms with van der Waals surface area (Å²) in [5.74, 6) is 1.48. The third-order valence-electron chi connectivity index (χ3n) is 6.05. The van der Waals surface area contributed by atoms with Gasteiger partial charge in [0.05, 0.1) is 25.5 Å². The van der Waals surface area contributed by atoms with E-state index in [4.69, 9.17) is 14.5 Å². The average Bonchev–Trinajstić information content (AvgIpc) is 3.25. The van der Waals surface area contributed by atoms with Crippen molar-refractivity contribution < 1.29 is 14.3 Å². The Labute approximate surface area is 219 Å². The molecule has 0 aliphatic rings. The Morgan fingerprint density at radius 2 is 1.70 bits per heavy atom. The molecule has 3 aromatic carbocycles. The van der Waals surface area contributed by atoms with Gasteiger partial charge in [0.2, 0.25) is 11.1 Å². The fourth-order valence-electron chi connectivity index (χ4n) is 4.24. The number of nitrogens with zero attached hydrogens (tertiary/aromatic N) is 4. The van der Waals surface area contributed by atoms with E-state index in [1.165, 1.54) is 17.3 Å². The minimum atomic E-state index is -0.0843. The topological polar surface area (TPSA) is 91.2 Å². The summed E-state index contributed by atoms with van der Waals surface area (Å²) < 4.78 is 12.8. The van der Waals surface area contributed by atoms with Crippen molar-refractivity contribution >= 4 is 39.7 Å². The predicted molar refractivity (Wildman–Crippen MR) is 145 cm³/mol. The third-order valence-corrected chi connectivity index (χ3v) is 6.89. The summed E-state index contributed by atoms with van der Waals surface area (Å²) in [6.45, 7) is 1.18. The molecule has 2 heterocycles. The minimum absolute atomic E-state index is 0.0843. The first kappa shape index (κ1) is 24.6. The SMILES string of the molecule is COc1ccc(CCNC(=O)CSc2nnc3c4ccccc4n(Cc4ccccc4)c3n2)cc1OC. The van der Waals surface area contributed by atoms with Crippen LogP contribution in [-0.2, 0) is 17.8 Å². The lowest BCUT2D eigenvalue weighted by Crippen LogP contribution is -2.27. The van der Waals surface area contributed by atoms with Crippen LogP contribution < -0.4 is 14.8 Å². The van der Waals surface area contributed by atoms with E-state index in [1.807, 2.05) is 54.6 Å². The lowest BCUT2D eigenvalue weighted by atomic mass is 10.1. The highest BCUT2D eigenvalue weighted by Gasteiger charge is 2.16. The van der Waals surface area contributed by atoms with E-state index in [0.717, 1.165) is 27.6 Å². The van der Waals surface area contributed by atoms with Gasteiger partial charge in [-0.3, -0.25) is 4.79 Å². The van der Waals surface area contributed by atoms with Crippen LogP contribution in [0.4, 0.5) is 0 Å². The summed E-state index contributed by atoms with van der Waals surface area (Å²) >= 11 is 1.28. The number of para-hydroxylation sites is 1. The van der Waals surface area contributed by atoms with Crippen molar-refractivity contribution in [3.63, 3.8) is 0 Å². The Hall–Kier alpha value is -4.11. The highest BCUT2D eigenvalue weighted by atomic mass is 32.2. The molecular weight excluding hydrogens is 486 g/mol. The highest BCUT2D eigenvalue weighted by molar-refractivity contribution is 7.99. The number of carbonyl (C=O) groups is 1. The number of rotatable bonds is 10. The molecule has 1 amide bonds. The van der Waals surface area contributed by atoms with Gasteiger partial charge in [0, 0.05) is 18.5 Å². The first-order valence-electron chi connectivity index (χ1n) is 11.9. The number of thioether (sulfide) groups is 1. The molecule has 1 N–H and O–H groups in total. The lowest BCUT2D eigenvalue weighted by Gasteiger charge is -2.10. The summed E-state index contributed by atoms with van der Waals surface area (Å²) in [5.41, 5.74) is 4.80. The van der Waals surface area contributed by atoms with Crippen molar-refractivity contribution in [3.05, 3.63) is 83.9 Å². The van der Waals surface area contributed by atoms with Crippen molar-refractivity contribution in [1.82, 2.24) is 25.1 Å². The molecule has 8 nitrogen and oxygen atoms in total. The van der Waals surface area contributed by atoms with Crippen LogP contribution in [0.5, 0.6) is 11.5 Å². The number of hydrogen-bond donors (Lipinski definition) is 1. The van der Waals surface area contributed by atoms with Gasteiger partial charge in [0.25, 0.3) is 0 Å². The summed E-state index contributed by atoms with van der Waals surface area (Å²) in [7, 11) is 3.21. The maximum atomic E-state index is 12.5. The Morgan fingerprint density at radius 1 is 0.919 bits per heavy atom. The van der Waals surface area contributed by atoms with E-state index in [-0.39, 0.29) is 11.7 Å². The van der Waals surface area contributed by atoms with E-state index in [0.29, 0.717) is 36.2 Å². The van der Waals surface area contributed by atoms with Gasteiger partial charge >= 0.3 is 0 Å². The second kappa shape index (κ2) is 11.3. The number of carbonyl (C=O) groups excluding carboxylic acids is 1. The molecule has 0 aliphatic carbocycles. The minimum Gasteiger partial charge on any atom is -0.493 e. The van der Waals surface area contributed by atoms with Crippen LogP contribution in [0.15, 0.2) is 78.0 Å². The molecule has 2 aromatic heterocycles. The van der Waals surface area contributed by atoms with Crippen molar-refractivity contribution in [1.29, 1.82) is 0 Å². The second-order valence-corrected chi connectivity index (χ2v) is 9.38. The van der Waals surface area contributed by atoms with Gasteiger partial charge in [0.1, 0.15) is 5.52 Å². The number of fused-ring (bicyclic) bond motifs is 3. The van der Waals surface area contributed by atoms with Crippen molar-refractivity contribution in [2.24, 2.45) is 0 Å². The molecule has 0 fully saturated rings. The number of benzene rings is 3. The molecule has 0 radical (unpaired) electrons. The zero-order valence-corrected chi connectivity index (χ0v) is 21.5. The molecule has 5 rings (SSSR count). The van der Waals surface area contributed by atoms with Crippen LogP contribution >= 0.6 is 11.8 Å². The molecule has 0 saturated heterocycles. The molecule has 0 bridgehead atoms. The van der Waals surface area contributed by atoms with Gasteiger partial charge in [-0.2, -0.15) is 0 Å². The maximum Gasteiger partial charge on any atom is 0.230 e. The first-order valence-corrected chi connectivity index (χ1v) is 12.9. The van der Waals surface area contributed by atoms with Gasteiger partial charge in [0.15, 0.2) is 17.1 Å². The summed E-state index contributed by atoms with van der Waals surface area (Å²) in [6.07, 6.45) is 0.681. The fraction of sp³-hybridized carbons (Fsp3) is 0.214. The smallest absolute Gasteiger partial charge is 0.230 e. The largest absolute Gasteiger partial charge is 0.493 e. The molecule has 0 atom stereocenters. The Morgan fingerprint density at radius 3 is 2.51 bits per heavy atom. The fourth-order valence-corrected chi connectivity index (χ4v) is 4.85. The predicted octanol–water partition coefficient (Wildman–Crippen LogP) is 4.50. The van der Waals surface area contributed by atoms with Gasteiger partial charge in [-0.15, -0.1) is 10.2 Å². The molecule has 37 heavy (non-hydrogen) atoms. The number of methoxy groups -OCH3 is 2. The number of ether oxygens (including phenoxy) is 2. The van der Waals surface area contributed by atoms with Crippen molar-refractivity contribution in [2.75, 3.05) is 26.5 Å². The molecule has 0 aliphatic heterocycles. The molecule has 0 unspecified atom stereocenters. The number of nitrogens with one attached hydrogen (secondary N) is 1. The van der Waals surface area contributed by atoms with Gasteiger partial charge < -0.3 is 19.4 Å². The van der Waals surface area contributed by atoms with Crippen LogP contribution in [0.25, 0.3) is 22.1 Å². The third kappa shape index (κ3) is 5.51. The Balaban J connectivity index is 1.25. The lowest BCUT2D eigenvalue weighted by molar-refractivity contribution is -0.118. The maximum absolute atomic E-state index is 12.5. The van der Waals surface area contributed by atoms with Gasteiger partial charge in [-0.1, -0.05) is 66.4 Å².